The number of nitrogens with one attached hydrogen (secondary N) is 2. The van der Waals surface area contributed by atoms with Gasteiger partial charge in [-0.2, -0.15) is 0 Å². The lowest BCUT2D eigenvalue weighted by molar-refractivity contribution is 0.317. The number of aromatic amines is 2. The standard InChI is InChI=1S/C26H37N3O.ClH/c1-3-5-6-7-8-9-10-11-13-21-15-16-22(28-21)19-25-26(30-18-4-2)20-24(29-25)23-14-12-17-27-23;/h12,14-17,19-20,27,29H,3-11,13,18H2,1-2H3;1H. The Hall–Kier alpha value is -2.20. The van der Waals surface area contributed by atoms with E-state index in [-0.39, 0.29) is 12.4 Å². The van der Waals surface area contributed by atoms with E-state index in [9.17, 15) is 0 Å². The van der Waals surface area contributed by atoms with Gasteiger partial charge in [-0.3, -0.25) is 4.99 Å². The number of aliphatic imine (C=N–C) groups is 1. The van der Waals surface area contributed by atoms with Gasteiger partial charge in [0.2, 0.25) is 0 Å². The van der Waals surface area contributed by atoms with Crippen molar-refractivity contribution in [2.75, 3.05) is 6.61 Å². The third-order valence-corrected chi connectivity index (χ3v) is 5.46. The normalized spacial score (nSPS) is 14.1. The Balaban J connectivity index is 0.00000341. The number of ether oxygens (including phenoxy) is 1. The minimum absolute atomic E-state index is 0. The number of hydrogen-bond acceptors (Lipinski definition) is 2. The fraction of sp³-hybridized carbons (Fsp3) is 0.500. The van der Waals surface area contributed by atoms with E-state index in [2.05, 4.69) is 54.2 Å². The smallest absolute Gasteiger partial charge is 0.144 e. The van der Waals surface area contributed by atoms with Crippen LogP contribution in [0.3, 0.4) is 0 Å². The van der Waals surface area contributed by atoms with Crippen LogP contribution in [0.15, 0.2) is 47.2 Å². The van der Waals surface area contributed by atoms with Crippen LogP contribution >= 0.6 is 12.4 Å². The molecule has 0 bridgehead atoms. The van der Waals surface area contributed by atoms with Crippen molar-refractivity contribution in [2.45, 2.75) is 78.1 Å². The Morgan fingerprint density at radius 3 is 2.42 bits per heavy atom. The molecule has 0 aromatic carbocycles. The first-order valence-electron chi connectivity index (χ1n) is 11.8. The molecule has 0 fully saturated rings. The van der Waals surface area contributed by atoms with Gasteiger partial charge in [0.1, 0.15) is 5.75 Å². The molecule has 3 heterocycles. The van der Waals surface area contributed by atoms with Crippen molar-refractivity contribution < 1.29 is 4.74 Å². The van der Waals surface area contributed by atoms with Gasteiger partial charge in [-0.25, -0.2) is 0 Å². The van der Waals surface area contributed by atoms with Gasteiger partial charge in [0.25, 0.3) is 0 Å². The van der Waals surface area contributed by atoms with Crippen LogP contribution in [-0.4, -0.2) is 22.3 Å². The summed E-state index contributed by atoms with van der Waals surface area (Å²) >= 11 is 0. The summed E-state index contributed by atoms with van der Waals surface area (Å²) in [5, 5.41) is 0. The highest BCUT2D eigenvalue weighted by atomic mass is 35.5. The molecule has 0 amide bonds. The maximum Gasteiger partial charge on any atom is 0.144 e. The van der Waals surface area contributed by atoms with Gasteiger partial charge in [-0.05, 0) is 49.6 Å². The van der Waals surface area contributed by atoms with E-state index in [1.807, 2.05) is 12.3 Å². The van der Waals surface area contributed by atoms with Gasteiger partial charge in [-0.1, -0.05) is 58.8 Å². The molecule has 1 aliphatic heterocycles. The Labute approximate surface area is 193 Å². The summed E-state index contributed by atoms with van der Waals surface area (Å²) in [5.74, 6) is 0.883. The molecule has 2 aromatic rings. The van der Waals surface area contributed by atoms with Crippen LogP contribution in [-0.2, 0) is 0 Å². The molecule has 0 saturated heterocycles. The third kappa shape index (κ3) is 8.10. The minimum Gasteiger partial charge on any atom is -0.491 e. The van der Waals surface area contributed by atoms with Crippen LogP contribution in [0, 0.1) is 0 Å². The highest BCUT2D eigenvalue weighted by molar-refractivity contribution is 5.99. The lowest BCUT2D eigenvalue weighted by atomic mass is 10.1. The molecule has 0 spiro atoms. The Morgan fingerprint density at radius 2 is 1.71 bits per heavy atom. The average molecular weight is 444 g/mol. The van der Waals surface area contributed by atoms with Gasteiger partial charge in [0.15, 0.2) is 0 Å². The number of rotatable bonds is 14. The third-order valence-electron chi connectivity index (χ3n) is 5.46. The predicted molar refractivity (Wildman–Crippen MR) is 135 cm³/mol. The molecule has 1 aliphatic rings. The molecule has 0 aliphatic carbocycles. The first-order chi connectivity index (χ1) is 14.8. The Kier molecular flexibility index (Phi) is 11.3. The summed E-state index contributed by atoms with van der Waals surface area (Å²) in [6, 6.07) is 6.13. The molecule has 4 nitrogen and oxygen atoms in total. The number of aromatic nitrogens is 2. The zero-order chi connectivity index (χ0) is 21.0. The second-order valence-corrected chi connectivity index (χ2v) is 8.12. The van der Waals surface area contributed by atoms with E-state index in [1.54, 1.807) is 0 Å². The average Bonchev–Trinajstić information content (AvgIpc) is 3.50. The first-order valence-corrected chi connectivity index (χ1v) is 11.8. The summed E-state index contributed by atoms with van der Waals surface area (Å²) in [7, 11) is 0. The second kappa shape index (κ2) is 14.0. The number of H-pyrrole nitrogens is 2. The van der Waals surface area contributed by atoms with Crippen molar-refractivity contribution in [3.8, 4) is 17.1 Å². The lowest BCUT2D eigenvalue weighted by Crippen LogP contribution is -1.95. The highest BCUT2D eigenvalue weighted by Gasteiger charge is 2.12. The molecular weight excluding hydrogens is 406 g/mol. The molecule has 3 rings (SSSR count). The van der Waals surface area contributed by atoms with Crippen molar-refractivity contribution in [1.82, 2.24) is 9.97 Å². The summed E-state index contributed by atoms with van der Waals surface area (Å²) < 4.78 is 5.97. The zero-order valence-corrected chi connectivity index (χ0v) is 19.9. The van der Waals surface area contributed by atoms with Crippen molar-refractivity contribution in [3.63, 3.8) is 0 Å². The van der Waals surface area contributed by atoms with Crippen LogP contribution in [0.25, 0.3) is 17.5 Å². The Morgan fingerprint density at radius 1 is 0.935 bits per heavy atom. The summed E-state index contributed by atoms with van der Waals surface area (Å²) in [6.45, 7) is 5.10. The SMILES string of the molecule is CCCCCCCCCCC1=NC(=Cc2[nH]c(-c3ccc[nH]3)cc2OCCC)C=C1.Cl. The maximum atomic E-state index is 5.97. The number of allylic oxidation sites excluding steroid dienone is 2. The summed E-state index contributed by atoms with van der Waals surface area (Å²) in [4.78, 5) is 11.5. The number of halogens is 1. The molecule has 0 radical (unpaired) electrons. The minimum atomic E-state index is 0. The maximum absolute atomic E-state index is 5.97. The monoisotopic (exact) mass is 443 g/mol. The number of unbranched alkanes of at least 4 members (excludes halogenated alkanes) is 7. The summed E-state index contributed by atoms with van der Waals surface area (Å²) in [6.07, 6.45) is 21.1. The zero-order valence-electron chi connectivity index (χ0n) is 19.1. The van der Waals surface area contributed by atoms with Crippen molar-refractivity contribution >= 4 is 24.2 Å². The predicted octanol–water partition coefficient (Wildman–Crippen LogP) is 8.10. The lowest BCUT2D eigenvalue weighted by Gasteiger charge is -2.03. The van der Waals surface area contributed by atoms with E-state index >= 15 is 0 Å². The van der Waals surface area contributed by atoms with E-state index in [0.717, 1.165) is 41.4 Å². The van der Waals surface area contributed by atoms with Gasteiger partial charge >= 0.3 is 0 Å². The van der Waals surface area contributed by atoms with Crippen LogP contribution in [0.4, 0.5) is 0 Å². The quantitative estimate of drug-likeness (QED) is 0.284. The largest absolute Gasteiger partial charge is 0.491 e. The fourth-order valence-electron chi connectivity index (χ4n) is 3.76. The van der Waals surface area contributed by atoms with Crippen molar-refractivity contribution in [1.29, 1.82) is 0 Å². The molecule has 0 atom stereocenters. The van der Waals surface area contributed by atoms with E-state index in [4.69, 9.17) is 9.73 Å². The van der Waals surface area contributed by atoms with Crippen LogP contribution in [0.1, 0.15) is 83.7 Å². The topological polar surface area (TPSA) is 53.2 Å². The van der Waals surface area contributed by atoms with Crippen LogP contribution < -0.4 is 4.74 Å². The van der Waals surface area contributed by atoms with E-state index < -0.39 is 0 Å². The van der Waals surface area contributed by atoms with Gasteiger partial charge in [0, 0.05) is 18.0 Å². The summed E-state index contributed by atoms with van der Waals surface area (Å²) in [5.41, 5.74) is 5.25. The van der Waals surface area contributed by atoms with Crippen molar-refractivity contribution in [3.05, 3.63) is 47.9 Å². The van der Waals surface area contributed by atoms with Gasteiger partial charge in [-0.15, -0.1) is 12.4 Å². The molecule has 170 valence electrons. The highest BCUT2D eigenvalue weighted by Crippen LogP contribution is 2.29. The molecule has 2 N–H and O–H groups in total. The van der Waals surface area contributed by atoms with E-state index in [0.29, 0.717) is 6.61 Å². The fourth-order valence-corrected chi connectivity index (χ4v) is 3.76. The van der Waals surface area contributed by atoms with Crippen LogP contribution in [0.2, 0.25) is 0 Å². The first kappa shape index (κ1) is 25.1. The number of hydrogen-bond donors (Lipinski definition) is 2. The molecular formula is C26H38ClN3O. The molecule has 5 heteroatoms. The Bertz CT molecular complexity index is 846. The van der Waals surface area contributed by atoms with Crippen LogP contribution in [0.5, 0.6) is 5.75 Å². The van der Waals surface area contributed by atoms with Gasteiger partial charge < -0.3 is 14.7 Å². The van der Waals surface area contributed by atoms with E-state index in [1.165, 1.54) is 57.1 Å². The number of nitrogens with zero attached hydrogens (tertiary/aromatic N) is 1. The van der Waals surface area contributed by atoms with Crippen molar-refractivity contribution in [2.24, 2.45) is 4.99 Å². The molecule has 2 aromatic heterocycles. The second-order valence-electron chi connectivity index (χ2n) is 8.12. The molecule has 0 saturated carbocycles. The molecule has 0 unspecified atom stereocenters. The molecule has 31 heavy (non-hydrogen) atoms. The van der Waals surface area contributed by atoms with Gasteiger partial charge in [0.05, 0.1) is 29.4 Å².